The van der Waals surface area contributed by atoms with Crippen molar-refractivity contribution in [1.29, 1.82) is 0 Å². The Morgan fingerprint density at radius 2 is 1.83 bits per heavy atom. The van der Waals surface area contributed by atoms with Crippen molar-refractivity contribution in [1.82, 2.24) is 5.32 Å². The van der Waals surface area contributed by atoms with Crippen LogP contribution in [0.5, 0.6) is 0 Å². The molecule has 1 saturated carbocycles. The number of hydrogen-bond donors (Lipinski definition) is 1. The molecule has 1 fully saturated rings. The highest BCUT2D eigenvalue weighted by Gasteiger charge is 2.50. The molecule has 2 aromatic rings. The maximum atomic E-state index is 13.0. The summed E-state index contributed by atoms with van der Waals surface area (Å²) < 4.78 is 43.8. The Labute approximate surface area is 171 Å². The topological polar surface area (TPSA) is 55.4 Å². The van der Waals surface area contributed by atoms with Crippen LogP contribution in [0.3, 0.4) is 0 Å². The summed E-state index contributed by atoms with van der Waals surface area (Å²) >= 11 is 5.88. The molecule has 1 aliphatic carbocycles. The van der Waals surface area contributed by atoms with Crippen LogP contribution in [0.25, 0.3) is 0 Å². The average Bonchev–Trinajstić information content (AvgIpc) is 3.47. The first kappa shape index (κ1) is 21.2. The molecule has 0 aromatic heterocycles. The molecule has 1 unspecified atom stereocenters. The summed E-state index contributed by atoms with van der Waals surface area (Å²) in [7, 11) is 1.12. The molecule has 0 aliphatic heterocycles. The third-order valence-corrected chi connectivity index (χ3v) is 5.30. The summed E-state index contributed by atoms with van der Waals surface area (Å²) in [4.78, 5) is 25.1. The quantitative estimate of drug-likeness (QED) is 0.682. The van der Waals surface area contributed by atoms with Gasteiger partial charge in [-0.2, -0.15) is 13.2 Å². The summed E-state index contributed by atoms with van der Waals surface area (Å²) in [6.45, 7) is 0. The molecule has 1 atom stereocenters. The molecule has 2 aromatic carbocycles. The number of benzene rings is 2. The molecule has 0 saturated heterocycles. The smallest absolute Gasteiger partial charge is 0.416 e. The molecular formula is C21H19ClF3NO3. The van der Waals surface area contributed by atoms with Crippen molar-refractivity contribution < 1.29 is 27.5 Å². The number of carbonyl (C=O) groups is 2. The molecular weight excluding hydrogens is 407 g/mol. The molecule has 1 N–H and O–H groups in total. The normalized spacial score (nSPS) is 16.0. The van der Waals surface area contributed by atoms with Gasteiger partial charge in [-0.25, -0.2) is 4.79 Å². The van der Waals surface area contributed by atoms with E-state index in [9.17, 15) is 22.8 Å². The largest absolute Gasteiger partial charge is 0.467 e. The van der Waals surface area contributed by atoms with Crippen LogP contribution in [0.1, 0.15) is 35.6 Å². The fourth-order valence-electron chi connectivity index (χ4n) is 3.20. The average molecular weight is 426 g/mol. The molecule has 0 radical (unpaired) electrons. The number of nitrogens with one attached hydrogen (secondary N) is 1. The predicted octanol–water partition coefficient (Wildman–Crippen LogP) is 4.71. The first-order valence-corrected chi connectivity index (χ1v) is 9.33. The van der Waals surface area contributed by atoms with Gasteiger partial charge in [0.15, 0.2) is 6.04 Å². The van der Waals surface area contributed by atoms with Crippen LogP contribution < -0.4 is 5.32 Å². The summed E-state index contributed by atoms with van der Waals surface area (Å²) in [5, 5.41) is 3.17. The maximum Gasteiger partial charge on any atom is 0.416 e. The molecule has 1 aliphatic rings. The number of rotatable bonds is 6. The Balaban J connectivity index is 1.81. The SMILES string of the molecule is COC(=O)C(NC(=O)C1(Cc2ccc(Cl)cc2)CC1)c1cccc(C(F)(F)F)c1. The van der Waals surface area contributed by atoms with Crippen LogP contribution in [0.15, 0.2) is 48.5 Å². The monoisotopic (exact) mass is 425 g/mol. The van der Waals surface area contributed by atoms with E-state index >= 15 is 0 Å². The molecule has 0 bridgehead atoms. The summed E-state index contributed by atoms with van der Waals surface area (Å²) in [5.74, 6) is -1.22. The number of halogens is 4. The number of esters is 1. The van der Waals surface area contributed by atoms with E-state index in [1.807, 2.05) is 12.1 Å². The van der Waals surface area contributed by atoms with Crippen LogP contribution in [0, 0.1) is 5.41 Å². The van der Waals surface area contributed by atoms with Gasteiger partial charge in [0.05, 0.1) is 18.1 Å². The third-order valence-electron chi connectivity index (χ3n) is 5.05. The minimum absolute atomic E-state index is 0.0160. The van der Waals surface area contributed by atoms with Gasteiger partial charge in [0.25, 0.3) is 0 Å². The van der Waals surface area contributed by atoms with Gasteiger partial charge in [0, 0.05) is 5.02 Å². The van der Waals surface area contributed by atoms with Gasteiger partial charge in [-0.15, -0.1) is 0 Å². The van der Waals surface area contributed by atoms with Crippen molar-refractivity contribution in [3.63, 3.8) is 0 Å². The van der Waals surface area contributed by atoms with E-state index in [4.69, 9.17) is 16.3 Å². The Morgan fingerprint density at radius 3 is 2.38 bits per heavy atom. The van der Waals surface area contributed by atoms with Crippen molar-refractivity contribution in [2.75, 3.05) is 7.11 Å². The van der Waals surface area contributed by atoms with Gasteiger partial charge in [-0.3, -0.25) is 4.79 Å². The summed E-state index contributed by atoms with van der Waals surface area (Å²) in [5.41, 5.74) is -0.666. The standard InChI is InChI=1S/C21H19ClF3NO3/c1-29-18(27)17(14-3-2-4-15(11-14)21(23,24)25)26-19(28)20(9-10-20)12-13-5-7-16(22)8-6-13/h2-8,11,17H,9-10,12H2,1H3,(H,26,28). The lowest BCUT2D eigenvalue weighted by molar-refractivity contribution is -0.146. The van der Waals surface area contributed by atoms with Crippen molar-refractivity contribution in [3.8, 4) is 0 Å². The zero-order valence-corrected chi connectivity index (χ0v) is 16.3. The van der Waals surface area contributed by atoms with Crippen LogP contribution >= 0.6 is 11.6 Å². The van der Waals surface area contributed by atoms with E-state index in [2.05, 4.69) is 5.32 Å². The number of alkyl halides is 3. The first-order chi connectivity index (χ1) is 13.6. The van der Waals surface area contributed by atoms with E-state index in [0.717, 1.165) is 24.8 Å². The first-order valence-electron chi connectivity index (χ1n) is 8.95. The molecule has 0 spiro atoms. The minimum atomic E-state index is -4.56. The van der Waals surface area contributed by atoms with E-state index in [1.54, 1.807) is 12.1 Å². The summed E-state index contributed by atoms with van der Waals surface area (Å²) in [6.07, 6.45) is -2.87. The van der Waals surface area contributed by atoms with E-state index in [-0.39, 0.29) is 11.5 Å². The lowest BCUT2D eigenvalue weighted by Gasteiger charge is -2.22. The third kappa shape index (κ3) is 4.90. The van der Waals surface area contributed by atoms with E-state index in [1.165, 1.54) is 12.1 Å². The van der Waals surface area contributed by atoms with Gasteiger partial charge in [-0.05, 0) is 54.7 Å². The Hall–Kier alpha value is -2.54. The number of ether oxygens (including phenoxy) is 1. The van der Waals surface area contributed by atoms with Crippen LogP contribution in [-0.2, 0) is 26.9 Å². The fourth-order valence-corrected chi connectivity index (χ4v) is 3.33. The molecule has 1 amide bonds. The van der Waals surface area contributed by atoms with Crippen LogP contribution in [0.4, 0.5) is 13.2 Å². The van der Waals surface area contributed by atoms with Crippen LogP contribution in [0.2, 0.25) is 5.02 Å². The second-order valence-electron chi connectivity index (χ2n) is 7.14. The number of hydrogen-bond acceptors (Lipinski definition) is 3. The lowest BCUT2D eigenvalue weighted by atomic mass is 9.94. The van der Waals surface area contributed by atoms with E-state index in [0.29, 0.717) is 24.3 Å². The highest BCUT2D eigenvalue weighted by atomic mass is 35.5. The highest BCUT2D eigenvalue weighted by molar-refractivity contribution is 6.30. The zero-order chi connectivity index (χ0) is 21.2. The molecule has 3 rings (SSSR count). The summed E-state index contributed by atoms with van der Waals surface area (Å²) in [6, 6.07) is 10.1. The molecule has 8 heteroatoms. The number of carbonyl (C=O) groups excluding carboxylic acids is 2. The number of methoxy groups -OCH3 is 1. The second kappa shape index (κ2) is 8.06. The molecule has 154 valence electrons. The van der Waals surface area contributed by atoms with Gasteiger partial charge >= 0.3 is 12.1 Å². The van der Waals surface area contributed by atoms with Crippen LogP contribution in [-0.4, -0.2) is 19.0 Å². The maximum absolute atomic E-state index is 13.0. The Morgan fingerprint density at radius 1 is 1.17 bits per heavy atom. The Bertz CT molecular complexity index is 908. The predicted molar refractivity (Wildman–Crippen MR) is 101 cm³/mol. The Kier molecular flexibility index (Phi) is 5.89. The van der Waals surface area contributed by atoms with Crippen molar-refractivity contribution in [2.45, 2.75) is 31.5 Å². The highest BCUT2D eigenvalue weighted by Crippen LogP contribution is 2.49. The fraction of sp³-hybridized carbons (Fsp3) is 0.333. The molecule has 0 heterocycles. The van der Waals surface area contributed by atoms with Gasteiger partial charge in [-0.1, -0.05) is 35.9 Å². The minimum Gasteiger partial charge on any atom is -0.467 e. The number of amides is 1. The van der Waals surface area contributed by atoms with Crippen molar-refractivity contribution >= 4 is 23.5 Å². The van der Waals surface area contributed by atoms with E-state index < -0.39 is 29.2 Å². The molecule has 4 nitrogen and oxygen atoms in total. The van der Waals surface area contributed by atoms with Gasteiger partial charge in [0.1, 0.15) is 0 Å². The van der Waals surface area contributed by atoms with Gasteiger partial charge in [0.2, 0.25) is 5.91 Å². The van der Waals surface area contributed by atoms with Gasteiger partial charge < -0.3 is 10.1 Å². The van der Waals surface area contributed by atoms with Crippen molar-refractivity contribution in [3.05, 3.63) is 70.2 Å². The second-order valence-corrected chi connectivity index (χ2v) is 7.57. The van der Waals surface area contributed by atoms with Crippen molar-refractivity contribution in [2.24, 2.45) is 5.41 Å². The zero-order valence-electron chi connectivity index (χ0n) is 15.6. The molecule has 29 heavy (non-hydrogen) atoms. The lowest BCUT2D eigenvalue weighted by Crippen LogP contribution is -2.40.